The fraction of sp³-hybridized carbons (Fsp3) is 0.389. The molecule has 0 saturated carbocycles. The number of rotatable bonds is 11. The van der Waals surface area contributed by atoms with Crippen LogP contribution in [0, 0.1) is 0 Å². The number of nitrogens with one attached hydrogen (secondary N) is 3. The van der Waals surface area contributed by atoms with Crippen molar-refractivity contribution in [2.24, 2.45) is 4.99 Å². The van der Waals surface area contributed by atoms with Gasteiger partial charge >= 0.3 is 0 Å². The zero-order valence-electron chi connectivity index (χ0n) is 15.8. The van der Waals surface area contributed by atoms with E-state index in [0.717, 1.165) is 10.2 Å². The number of benzene rings is 1. The third-order valence-electron chi connectivity index (χ3n) is 3.22. The highest BCUT2D eigenvalue weighted by Gasteiger charge is 2.08. The van der Waals surface area contributed by atoms with Gasteiger partial charge in [0.1, 0.15) is 22.6 Å². The third-order valence-corrected chi connectivity index (χ3v) is 5.09. The Morgan fingerprint density at radius 2 is 2.11 bits per heavy atom. The van der Waals surface area contributed by atoms with Crippen molar-refractivity contribution in [2.45, 2.75) is 24.8 Å². The van der Waals surface area contributed by atoms with Crippen LogP contribution in [0.5, 0.6) is 0 Å². The molecular weight excluding hydrogens is 432 g/mol. The molecule has 0 aliphatic carbocycles. The number of nitrogens with zero attached hydrogens (tertiary/aromatic N) is 1. The van der Waals surface area contributed by atoms with Crippen LogP contribution in [0.2, 0.25) is 0 Å². The topological polar surface area (TPSA) is 95.0 Å². The molecule has 27 heavy (non-hydrogen) atoms. The van der Waals surface area contributed by atoms with Crippen molar-refractivity contribution in [2.75, 3.05) is 32.2 Å². The van der Waals surface area contributed by atoms with E-state index in [0.29, 0.717) is 23.2 Å². The zero-order valence-corrected chi connectivity index (χ0v) is 18.2. The Labute approximate surface area is 171 Å². The summed E-state index contributed by atoms with van der Waals surface area (Å²) in [5.74, 6) is 1.32. The molecule has 0 bridgehead atoms. The van der Waals surface area contributed by atoms with E-state index < -0.39 is 11.0 Å². The van der Waals surface area contributed by atoms with E-state index in [-0.39, 0.29) is 19.2 Å². The van der Waals surface area contributed by atoms with Crippen molar-refractivity contribution in [3.05, 3.63) is 47.2 Å². The summed E-state index contributed by atoms with van der Waals surface area (Å²) in [5, 5.41) is 15.2. The number of halogens is 1. The van der Waals surface area contributed by atoms with Gasteiger partial charge in [-0.1, -0.05) is 12.7 Å². The van der Waals surface area contributed by atoms with Crippen molar-refractivity contribution < 1.29 is 14.1 Å². The fourth-order valence-electron chi connectivity index (χ4n) is 2.06. The third kappa shape index (κ3) is 8.81. The summed E-state index contributed by atoms with van der Waals surface area (Å²) in [5.41, 5.74) is 0.818. The number of amidine groups is 1. The smallest absolute Gasteiger partial charge is 0.142 e. The summed E-state index contributed by atoms with van der Waals surface area (Å²) < 4.78 is 20.6. The van der Waals surface area contributed by atoms with Crippen molar-refractivity contribution in [1.82, 2.24) is 10.0 Å². The molecule has 4 N–H and O–H groups in total. The predicted octanol–water partition coefficient (Wildman–Crippen LogP) is 2.50. The molecule has 1 aromatic carbocycles. The molecule has 0 aliphatic rings. The van der Waals surface area contributed by atoms with Crippen LogP contribution in [0.4, 0.5) is 5.69 Å². The predicted molar refractivity (Wildman–Crippen MR) is 115 cm³/mol. The van der Waals surface area contributed by atoms with Gasteiger partial charge in [-0.15, -0.1) is 0 Å². The molecule has 0 amide bonds. The molecule has 2 unspecified atom stereocenters. The maximum atomic E-state index is 12.0. The Hall–Kier alpha value is -1.52. The second-order valence-corrected chi connectivity index (χ2v) is 7.79. The number of ether oxygens (including phenoxy) is 1. The van der Waals surface area contributed by atoms with Crippen molar-refractivity contribution in [3.8, 4) is 0 Å². The second kappa shape index (κ2) is 12.8. The Balaban J connectivity index is 2.83. The van der Waals surface area contributed by atoms with Crippen LogP contribution >= 0.6 is 15.9 Å². The standard InChI is InChI=1S/C18H27BrN4O3S/c1-5-17(19)18(21-13(2)12-26-4)23-14(3)22-15-6-8-16(9-7-15)27(25)20-10-11-24/h5-9,13,20-21,24H,1,10-12H2,2-4H3,(H,22,23)/b18-17+. The van der Waals surface area contributed by atoms with Crippen LogP contribution in [0.25, 0.3) is 0 Å². The Morgan fingerprint density at radius 1 is 1.44 bits per heavy atom. The molecule has 1 rings (SSSR count). The van der Waals surface area contributed by atoms with Crippen LogP contribution < -0.4 is 15.4 Å². The number of aliphatic hydroxyl groups is 1. The number of aliphatic hydroxyl groups excluding tert-OH is 1. The maximum absolute atomic E-state index is 12.0. The number of hydrogen-bond donors (Lipinski definition) is 4. The van der Waals surface area contributed by atoms with E-state index in [1.807, 2.05) is 26.0 Å². The maximum Gasteiger partial charge on any atom is 0.142 e. The first kappa shape index (κ1) is 23.5. The Morgan fingerprint density at radius 3 is 2.67 bits per heavy atom. The van der Waals surface area contributed by atoms with E-state index in [9.17, 15) is 4.21 Å². The van der Waals surface area contributed by atoms with E-state index in [2.05, 4.69) is 42.9 Å². The Bertz CT molecular complexity index is 692. The van der Waals surface area contributed by atoms with Gasteiger partial charge in [-0.2, -0.15) is 0 Å². The quantitative estimate of drug-likeness (QED) is 0.232. The normalized spacial score (nSPS) is 14.9. The lowest BCUT2D eigenvalue weighted by molar-refractivity contribution is 0.176. The summed E-state index contributed by atoms with van der Waals surface area (Å²) in [6.45, 7) is 8.36. The number of anilines is 1. The van der Waals surface area contributed by atoms with Crippen LogP contribution in [-0.4, -0.2) is 48.1 Å². The first-order valence-electron chi connectivity index (χ1n) is 8.37. The summed E-state index contributed by atoms with van der Waals surface area (Å²) >= 11 is 3.45. The summed E-state index contributed by atoms with van der Waals surface area (Å²) in [4.78, 5) is 5.20. The number of allylic oxidation sites excluding steroid dienone is 2. The largest absolute Gasteiger partial charge is 0.395 e. The minimum Gasteiger partial charge on any atom is -0.395 e. The number of hydrogen-bond acceptors (Lipinski definition) is 5. The SMILES string of the molecule is C=C/C(Br)=C(\N=C(/C)Nc1ccc(S(=O)NCCO)cc1)NC(C)COC. The number of aliphatic imine (C=N–C) groups is 1. The summed E-state index contributed by atoms with van der Waals surface area (Å²) in [6.07, 6.45) is 1.67. The van der Waals surface area contributed by atoms with E-state index in [1.54, 1.807) is 25.3 Å². The van der Waals surface area contributed by atoms with Crippen LogP contribution in [-0.2, 0) is 15.7 Å². The zero-order chi connectivity index (χ0) is 20.2. The fourth-order valence-corrected chi connectivity index (χ4v) is 3.09. The van der Waals surface area contributed by atoms with E-state index in [4.69, 9.17) is 9.84 Å². The molecule has 0 aliphatic heterocycles. The molecule has 9 heteroatoms. The molecular formula is C18H27BrN4O3S. The minimum absolute atomic E-state index is 0.0613. The molecule has 0 heterocycles. The molecule has 2 atom stereocenters. The van der Waals surface area contributed by atoms with Crippen LogP contribution in [0.3, 0.4) is 0 Å². The van der Waals surface area contributed by atoms with Gasteiger partial charge in [-0.05, 0) is 54.0 Å². The van der Waals surface area contributed by atoms with E-state index in [1.165, 1.54) is 0 Å². The van der Waals surface area contributed by atoms with Gasteiger partial charge < -0.3 is 20.5 Å². The second-order valence-electron chi connectivity index (χ2n) is 5.63. The molecule has 7 nitrogen and oxygen atoms in total. The van der Waals surface area contributed by atoms with Gasteiger partial charge in [0.2, 0.25) is 0 Å². The van der Waals surface area contributed by atoms with E-state index >= 15 is 0 Å². The van der Waals surface area contributed by atoms with Gasteiger partial charge in [-0.3, -0.25) is 0 Å². The highest BCUT2D eigenvalue weighted by Crippen LogP contribution is 2.15. The van der Waals surface area contributed by atoms with Crippen LogP contribution in [0.15, 0.2) is 57.1 Å². The Kier molecular flexibility index (Phi) is 11.1. The summed E-state index contributed by atoms with van der Waals surface area (Å²) in [7, 11) is 0.305. The minimum atomic E-state index is -1.34. The molecule has 0 spiro atoms. The van der Waals surface area contributed by atoms with Gasteiger partial charge in [0.05, 0.1) is 22.6 Å². The lowest BCUT2D eigenvalue weighted by atomic mass is 10.3. The first-order valence-corrected chi connectivity index (χ1v) is 10.3. The molecule has 150 valence electrons. The van der Waals surface area contributed by atoms with Gasteiger partial charge in [0, 0.05) is 25.4 Å². The molecule has 1 aromatic rings. The van der Waals surface area contributed by atoms with Crippen molar-refractivity contribution in [1.29, 1.82) is 0 Å². The average molecular weight is 459 g/mol. The summed E-state index contributed by atoms with van der Waals surface area (Å²) in [6, 6.07) is 7.23. The molecule has 0 fully saturated rings. The van der Waals surface area contributed by atoms with Crippen molar-refractivity contribution in [3.63, 3.8) is 0 Å². The van der Waals surface area contributed by atoms with Gasteiger partial charge in [0.25, 0.3) is 0 Å². The molecule has 0 aromatic heterocycles. The average Bonchev–Trinajstić information content (AvgIpc) is 2.65. The first-order chi connectivity index (χ1) is 12.9. The molecule has 0 radical (unpaired) electrons. The highest BCUT2D eigenvalue weighted by molar-refractivity contribution is 9.11. The lowest BCUT2D eigenvalue weighted by Crippen LogP contribution is -2.30. The number of methoxy groups -OCH3 is 1. The van der Waals surface area contributed by atoms with Gasteiger partial charge in [0.15, 0.2) is 0 Å². The molecule has 0 saturated heterocycles. The lowest BCUT2D eigenvalue weighted by Gasteiger charge is -2.16. The monoisotopic (exact) mass is 458 g/mol. The highest BCUT2D eigenvalue weighted by atomic mass is 79.9. The van der Waals surface area contributed by atoms with Gasteiger partial charge in [-0.25, -0.2) is 13.9 Å². The van der Waals surface area contributed by atoms with Crippen molar-refractivity contribution >= 4 is 38.4 Å². The van der Waals surface area contributed by atoms with Crippen LogP contribution in [0.1, 0.15) is 13.8 Å².